The molecule has 0 saturated heterocycles. The van der Waals surface area contributed by atoms with E-state index in [2.05, 4.69) is 4.74 Å². The van der Waals surface area contributed by atoms with Crippen LogP contribution >= 0.6 is 0 Å². The van der Waals surface area contributed by atoms with Crippen molar-refractivity contribution in [2.24, 2.45) is 0 Å². The van der Waals surface area contributed by atoms with Crippen LogP contribution < -0.4 is 0 Å². The van der Waals surface area contributed by atoms with Crippen molar-refractivity contribution < 1.29 is 14.6 Å². The molecule has 1 saturated carbocycles. The van der Waals surface area contributed by atoms with E-state index in [0.29, 0.717) is 19.3 Å². The molecule has 1 fully saturated rings. The molecule has 0 aromatic carbocycles. The Morgan fingerprint density at radius 3 is 2.62 bits per heavy atom. The van der Waals surface area contributed by atoms with Crippen molar-refractivity contribution in [3.05, 3.63) is 0 Å². The van der Waals surface area contributed by atoms with Crippen molar-refractivity contribution in [3.63, 3.8) is 0 Å². The summed E-state index contributed by atoms with van der Waals surface area (Å²) in [6.45, 7) is 0.427. The summed E-state index contributed by atoms with van der Waals surface area (Å²) in [7, 11) is 0. The van der Waals surface area contributed by atoms with E-state index in [0.717, 1.165) is 0 Å². The number of hydrogen-bond acceptors (Lipinski definition) is 3. The zero-order chi connectivity index (χ0) is 5.98. The first-order valence-electron chi connectivity index (χ1n) is 2.60. The van der Waals surface area contributed by atoms with Crippen molar-refractivity contribution in [1.82, 2.24) is 0 Å². The lowest BCUT2D eigenvalue weighted by Gasteiger charge is -2.28. The van der Waals surface area contributed by atoms with Crippen molar-refractivity contribution in [3.8, 4) is 0 Å². The van der Waals surface area contributed by atoms with Gasteiger partial charge >= 0.3 is 0 Å². The largest absolute Gasteiger partial charge is 0.464 e. The highest BCUT2D eigenvalue weighted by molar-refractivity contribution is 5.37. The molecular weight excluding hydrogens is 108 g/mol. The maximum atomic E-state index is 9.61. The van der Waals surface area contributed by atoms with Gasteiger partial charge in [-0.05, 0) is 0 Å². The molecule has 1 aliphatic carbocycles. The van der Waals surface area contributed by atoms with Crippen LogP contribution in [0.3, 0.4) is 0 Å². The van der Waals surface area contributed by atoms with Gasteiger partial charge in [0.1, 0.15) is 6.10 Å². The Morgan fingerprint density at radius 1 is 1.62 bits per heavy atom. The number of ether oxygens (including phenoxy) is 1. The second kappa shape index (κ2) is 2.13. The van der Waals surface area contributed by atoms with Crippen LogP contribution in [-0.2, 0) is 9.53 Å². The van der Waals surface area contributed by atoms with Crippen LogP contribution in [0.1, 0.15) is 12.8 Å². The number of rotatable bonds is 2. The maximum Gasteiger partial charge on any atom is 0.293 e. The first-order chi connectivity index (χ1) is 3.83. The van der Waals surface area contributed by atoms with Crippen LogP contribution in [0.4, 0.5) is 0 Å². The van der Waals surface area contributed by atoms with Crippen LogP contribution in [-0.4, -0.2) is 23.8 Å². The summed E-state index contributed by atoms with van der Waals surface area (Å²) in [6.07, 6.45) is 0.972. The van der Waals surface area contributed by atoms with Crippen LogP contribution in [0.2, 0.25) is 0 Å². The molecule has 0 unspecified atom stereocenters. The van der Waals surface area contributed by atoms with E-state index in [1.807, 2.05) is 0 Å². The summed E-state index contributed by atoms with van der Waals surface area (Å²) in [6, 6.07) is 0. The first-order valence-corrected chi connectivity index (χ1v) is 2.60. The zero-order valence-electron chi connectivity index (χ0n) is 4.41. The molecule has 3 nitrogen and oxygen atoms in total. The summed E-state index contributed by atoms with van der Waals surface area (Å²) in [5.41, 5.74) is 0. The second-order valence-electron chi connectivity index (χ2n) is 1.98. The van der Waals surface area contributed by atoms with Crippen LogP contribution in [0.5, 0.6) is 0 Å². The fourth-order valence-electron chi connectivity index (χ4n) is 0.728. The summed E-state index contributed by atoms with van der Waals surface area (Å²) in [5.74, 6) is 0. The van der Waals surface area contributed by atoms with E-state index < -0.39 is 0 Å². The highest BCUT2D eigenvalue weighted by atomic mass is 16.5. The zero-order valence-corrected chi connectivity index (χ0v) is 4.41. The smallest absolute Gasteiger partial charge is 0.293 e. The number of hydrogen-bond donors (Lipinski definition) is 1. The van der Waals surface area contributed by atoms with Crippen LogP contribution in [0, 0.1) is 0 Å². The van der Waals surface area contributed by atoms with Crippen molar-refractivity contribution >= 4 is 6.47 Å². The third-order valence-corrected chi connectivity index (χ3v) is 1.32. The SMILES string of the molecule is O=CO[C@H]1C[C@H](O)C1. The minimum Gasteiger partial charge on any atom is -0.464 e. The molecule has 0 atom stereocenters. The second-order valence-corrected chi connectivity index (χ2v) is 1.98. The Morgan fingerprint density at radius 2 is 2.25 bits per heavy atom. The fraction of sp³-hybridized carbons (Fsp3) is 0.800. The molecule has 0 aromatic rings. The summed E-state index contributed by atoms with van der Waals surface area (Å²) in [5, 5.41) is 8.65. The maximum absolute atomic E-state index is 9.61. The molecule has 0 radical (unpaired) electrons. The number of carbonyl (C=O) groups excluding carboxylic acids is 1. The van der Waals surface area contributed by atoms with Crippen LogP contribution in [0.25, 0.3) is 0 Å². The van der Waals surface area contributed by atoms with Crippen molar-refractivity contribution in [2.45, 2.75) is 25.0 Å². The molecule has 0 heterocycles. The fourth-order valence-corrected chi connectivity index (χ4v) is 0.728. The molecular formula is C5H8O3. The average Bonchev–Trinajstić information content (AvgIpc) is 1.64. The molecule has 1 rings (SSSR count). The number of carbonyl (C=O) groups is 1. The van der Waals surface area contributed by atoms with Gasteiger partial charge in [-0.1, -0.05) is 0 Å². The van der Waals surface area contributed by atoms with Gasteiger partial charge in [0.25, 0.3) is 6.47 Å². The van der Waals surface area contributed by atoms with Gasteiger partial charge in [0.05, 0.1) is 6.10 Å². The predicted molar refractivity (Wildman–Crippen MR) is 26.2 cm³/mol. The van der Waals surface area contributed by atoms with Gasteiger partial charge in [0, 0.05) is 12.8 Å². The van der Waals surface area contributed by atoms with E-state index in [1.165, 1.54) is 0 Å². The quantitative estimate of drug-likeness (QED) is 0.503. The van der Waals surface area contributed by atoms with Crippen molar-refractivity contribution in [2.75, 3.05) is 0 Å². The molecule has 0 spiro atoms. The molecule has 46 valence electrons. The minimum atomic E-state index is -0.236. The Labute approximate surface area is 47.3 Å². The highest BCUT2D eigenvalue weighted by Gasteiger charge is 2.28. The third kappa shape index (κ3) is 0.980. The summed E-state index contributed by atoms with van der Waals surface area (Å²) < 4.78 is 4.51. The Bertz CT molecular complexity index is 85.7. The van der Waals surface area contributed by atoms with Gasteiger partial charge in [-0.2, -0.15) is 0 Å². The standard InChI is InChI=1S/C5H8O3/c6-3-8-5-1-4(7)2-5/h3-5,7H,1-2H2/t4-,5-. The number of aliphatic hydroxyl groups is 1. The van der Waals surface area contributed by atoms with E-state index in [-0.39, 0.29) is 12.2 Å². The lowest BCUT2D eigenvalue weighted by molar-refractivity contribution is -0.143. The average molecular weight is 116 g/mol. The molecule has 0 amide bonds. The van der Waals surface area contributed by atoms with Crippen molar-refractivity contribution in [1.29, 1.82) is 0 Å². The molecule has 3 heteroatoms. The normalized spacial score (nSPS) is 35.6. The molecule has 1 aliphatic rings. The molecule has 0 aliphatic heterocycles. The Hall–Kier alpha value is -0.570. The van der Waals surface area contributed by atoms with E-state index in [1.54, 1.807) is 0 Å². The number of aliphatic hydroxyl groups excluding tert-OH is 1. The Kier molecular flexibility index (Phi) is 1.48. The topological polar surface area (TPSA) is 46.5 Å². The van der Waals surface area contributed by atoms with Crippen LogP contribution in [0.15, 0.2) is 0 Å². The summed E-state index contributed by atoms with van der Waals surface area (Å²) >= 11 is 0. The van der Waals surface area contributed by atoms with Gasteiger partial charge in [-0.15, -0.1) is 0 Å². The van der Waals surface area contributed by atoms with E-state index in [4.69, 9.17) is 5.11 Å². The van der Waals surface area contributed by atoms with Gasteiger partial charge < -0.3 is 9.84 Å². The van der Waals surface area contributed by atoms with E-state index in [9.17, 15) is 4.79 Å². The lowest BCUT2D eigenvalue weighted by atomic mass is 9.92. The predicted octanol–water partition coefficient (Wildman–Crippen LogP) is -0.317. The van der Waals surface area contributed by atoms with E-state index >= 15 is 0 Å². The molecule has 8 heavy (non-hydrogen) atoms. The molecule has 1 N–H and O–H groups in total. The third-order valence-electron chi connectivity index (χ3n) is 1.32. The molecule has 0 bridgehead atoms. The van der Waals surface area contributed by atoms with Gasteiger partial charge in [-0.25, -0.2) is 0 Å². The highest BCUT2D eigenvalue weighted by Crippen LogP contribution is 2.21. The Balaban J connectivity index is 2.06. The minimum absolute atomic E-state index is 0.0116. The monoisotopic (exact) mass is 116 g/mol. The molecule has 0 aromatic heterocycles. The van der Waals surface area contributed by atoms with Gasteiger partial charge in [-0.3, -0.25) is 4.79 Å². The van der Waals surface area contributed by atoms with Gasteiger partial charge in [0.15, 0.2) is 0 Å². The summed E-state index contributed by atoms with van der Waals surface area (Å²) in [4.78, 5) is 9.61. The first kappa shape index (κ1) is 5.56. The lowest BCUT2D eigenvalue weighted by Crippen LogP contribution is -2.34. The van der Waals surface area contributed by atoms with Gasteiger partial charge in [0.2, 0.25) is 0 Å².